The average molecular weight is 376 g/mol. The summed E-state index contributed by atoms with van der Waals surface area (Å²) in [4.78, 5) is 39.8. The molecule has 0 bridgehead atoms. The van der Waals surface area contributed by atoms with E-state index in [0.717, 1.165) is 21.4 Å². The van der Waals surface area contributed by atoms with E-state index in [0.29, 0.717) is 10.9 Å². The Morgan fingerprint density at radius 2 is 1.71 bits per heavy atom. The lowest BCUT2D eigenvalue weighted by atomic mass is 10.0. The molecule has 0 saturated carbocycles. The minimum Gasteiger partial charge on any atom is -0.293 e. The lowest BCUT2D eigenvalue weighted by molar-refractivity contribution is -0.384. The van der Waals surface area contributed by atoms with Crippen LogP contribution in [-0.2, 0) is 7.05 Å². The number of fused-ring (bicyclic) bond motifs is 2. The first-order valence-electron chi connectivity index (χ1n) is 8.57. The zero-order valence-corrected chi connectivity index (χ0v) is 15.5. The van der Waals surface area contributed by atoms with E-state index in [2.05, 4.69) is 4.98 Å². The predicted molar refractivity (Wildman–Crippen MR) is 105 cm³/mol. The average Bonchev–Trinajstić information content (AvgIpc) is 2.65. The second kappa shape index (κ2) is 6.12. The molecule has 2 aliphatic heterocycles. The van der Waals surface area contributed by atoms with Crippen LogP contribution in [0.2, 0.25) is 0 Å². The van der Waals surface area contributed by atoms with Gasteiger partial charge in [-0.25, -0.2) is 4.79 Å². The number of pyridine rings is 1. The number of aryl methyl sites for hydroxylation is 2. The number of nitrogens with zero attached hydrogens (tertiary/aromatic N) is 4. The maximum Gasteiger partial charge on any atom is 0.352 e. The van der Waals surface area contributed by atoms with Crippen LogP contribution in [0.1, 0.15) is 11.1 Å². The van der Waals surface area contributed by atoms with Crippen LogP contribution in [0, 0.1) is 24.0 Å². The first-order valence-corrected chi connectivity index (χ1v) is 8.57. The maximum absolute atomic E-state index is 12.7. The van der Waals surface area contributed by atoms with E-state index in [-0.39, 0.29) is 17.1 Å². The lowest BCUT2D eigenvalue weighted by Crippen LogP contribution is -2.35. The van der Waals surface area contributed by atoms with Gasteiger partial charge in [-0.2, -0.15) is 4.98 Å². The summed E-state index contributed by atoms with van der Waals surface area (Å²) in [5, 5.41) is 11.7. The number of benzene rings is 2. The van der Waals surface area contributed by atoms with Crippen molar-refractivity contribution in [1.82, 2.24) is 14.1 Å². The van der Waals surface area contributed by atoms with E-state index in [1.807, 2.05) is 32.0 Å². The van der Waals surface area contributed by atoms with Crippen molar-refractivity contribution in [2.75, 3.05) is 0 Å². The molecule has 0 N–H and O–H groups in total. The van der Waals surface area contributed by atoms with Crippen molar-refractivity contribution in [3.63, 3.8) is 0 Å². The molecule has 0 saturated heterocycles. The number of non-ortho nitro benzene ring substituents is 1. The smallest absolute Gasteiger partial charge is 0.293 e. The van der Waals surface area contributed by atoms with Gasteiger partial charge in [0.25, 0.3) is 11.2 Å². The van der Waals surface area contributed by atoms with Gasteiger partial charge in [0.05, 0.1) is 21.7 Å². The summed E-state index contributed by atoms with van der Waals surface area (Å²) in [5.74, 6) is 0.229. The number of hydrogen-bond acceptors (Lipinski definition) is 5. The molecule has 0 radical (unpaired) electrons. The third-order valence-electron chi connectivity index (χ3n) is 4.90. The summed E-state index contributed by atoms with van der Waals surface area (Å²) < 4.78 is 2.67. The Labute approximate surface area is 158 Å². The summed E-state index contributed by atoms with van der Waals surface area (Å²) in [7, 11) is 1.36. The lowest BCUT2D eigenvalue weighted by Gasteiger charge is -2.21. The van der Waals surface area contributed by atoms with E-state index in [4.69, 9.17) is 0 Å². The Morgan fingerprint density at radius 3 is 2.36 bits per heavy atom. The first kappa shape index (κ1) is 17.6. The standard InChI is InChI=1S/C20H16N4O4/c1-11-5-4-6-12(2)17(11)23-16-8-7-14(24(27)28)9-13(16)10-15-18(23)21-20(26)22(3)19(15)25/h4-10H,1-3H3. The summed E-state index contributed by atoms with van der Waals surface area (Å²) in [6, 6.07) is 11.7. The molecule has 2 aromatic rings. The normalized spacial score (nSPS) is 11.2. The molecule has 28 heavy (non-hydrogen) atoms. The van der Waals surface area contributed by atoms with Gasteiger partial charge in [-0.1, -0.05) is 18.2 Å². The highest BCUT2D eigenvalue weighted by Gasteiger charge is 2.22. The Hall–Kier alpha value is -3.81. The Kier molecular flexibility index (Phi) is 3.85. The summed E-state index contributed by atoms with van der Waals surface area (Å²) in [5.41, 5.74) is 2.24. The van der Waals surface area contributed by atoms with Crippen LogP contribution in [0.15, 0.2) is 52.1 Å². The molecule has 140 valence electrons. The van der Waals surface area contributed by atoms with Gasteiger partial charge < -0.3 is 0 Å². The van der Waals surface area contributed by atoms with E-state index >= 15 is 0 Å². The predicted octanol–water partition coefficient (Wildman–Crippen LogP) is 2.71. The van der Waals surface area contributed by atoms with Crippen LogP contribution in [-0.4, -0.2) is 19.0 Å². The number of nitro groups is 1. The Morgan fingerprint density at radius 1 is 1.04 bits per heavy atom. The summed E-state index contributed by atoms with van der Waals surface area (Å²) in [6.45, 7) is 3.84. The fourth-order valence-electron chi connectivity index (χ4n) is 3.51. The van der Waals surface area contributed by atoms with Crippen LogP contribution in [0.3, 0.4) is 0 Å². The first-order chi connectivity index (χ1) is 13.3. The van der Waals surface area contributed by atoms with Crippen LogP contribution in [0.25, 0.3) is 28.0 Å². The second-order valence-corrected chi connectivity index (χ2v) is 6.72. The SMILES string of the molecule is Cc1cccc(C)c1-n1c2nc(=O)n(C)c(=O)c-2cc2cc([N+](=O)[O-])ccc21. The van der Waals surface area contributed by atoms with Gasteiger partial charge in [-0.3, -0.25) is 24.0 Å². The number of hydrogen-bond donors (Lipinski definition) is 0. The van der Waals surface area contributed by atoms with Crippen molar-refractivity contribution in [2.24, 2.45) is 7.05 Å². The fraction of sp³-hybridized carbons (Fsp3) is 0.150. The highest BCUT2D eigenvalue weighted by atomic mass is 16.6. The van der Waals surface area contributed by atoms with Crippen LogP contribution in [0.5, 0.6) is 0 Å². The van der Waals surface area contributed by atoms with Crippen LogP contribution < -0.4 is 11.2 Å². The van der Waals surface area contributed by atoms with E-state index < -0.39 is 16.2 Å². The minimum absolute atomic E-state index is 0.0786. The molecule has 2 aromatic carbocycles. The van der Waals surface area contributed by atoms with E-state index in [9.17, 15) is 19.7 Å². The van der Waals surface area contributed by atoms with Gasteiger partial charge >= 0.3 is 5.69 Å². The van der Waals surface area contributed by atoms with Gasteiger partial charge in [0.2, 0.25) is 0 Å². The highest BCUT2D eigenvalue weighted by molar-refractivity contribution is 5.89. The molecule has 2 heterocycles. The van der Waals surface area contributed by atoms with Crippen molar-refractivity contribution in [3.8, 4) is 17.1 Å². The van der Waals surface area contributed by atoms with Gasteiger partial charge in [0.15, 0.2) is 5.82 Å². The van der Waals surface area contributed by atoms with Gasteiger partial charge in [-0.05, 0) is 37.1 Å². The molecule has 4 rings (SSSR count). The number of rotatable bonds is 2. The summed E-state index contributed by atoms with van der Waals surface area (Å²) >= 11 is 0. The third kappa shape index (κ3) is 2.50. The number of aromatic nitrogens is 3. The van der Waals surface area contributed by atoms with Crippen LogP contribution in [0.4, 0.5) is 5.69 Å². The van der Waals surface area contributed by atoms with Crippen molar-refractivity contribution in [2.45, 2.75) is 13.8 Å². The monoisotopic (exact) mass is 376 g/mol. The van der Waals surface area contributed by atoms with Crippen molar-refractivity contribution < 1.29 is 4.92 Å². The largest absolute Gasteiger partial charge is 0.352 e. The van der Waals surface area contributed by atoms with Gasteiger partial charge in [0.1, 0.15) is 0 Å². The molecule has 2 aliphatic rings. The summed E-state index contributed by atoms with van der Waals surface area (Å²) in [6.07, 6.45) is 0. The van der Waals surface area contributed by atoms with Crippen molar-refractivity contribution >= 4 is 16.6 Å². The zero-order valence-electron chi connectivity index (χ0n) is 15.5. The molecule has 0 aliphatic carbocycles. The number of para-hydroxylation sites is 1. The third-order valence-corrected chi connectivity index (χ3v) is 4.90. The molecule has 0 fully saturated rings. The van der Waals surface area contributed by atoms with Crippen molar-refractivity contribution in [1.29, 1.82) is 0 Å². The van der Waals surface area contributed by atoms with Gasteiger partial charge in [-0.15, -0.1) is 0 Å². The second-order valence-electron chi connectivity index (χ2n) is 6.72. The molecule has 0 atom stereocenters. The molecular formula is C20H16N4O4. The van der Waals surface area contributed by atoms with Crippen LogP contribution >= 0.6 is 0 Å². The molecule has 8 heteroatoms. The molecule has 0 unspecified atom stereocenters. The van der Waals surface area contributed by atoms with Crippen molar-refractivity contribution in [3.05, 3.63) is 84.5 Å². The topological polar surface area (TPSA) is 100 Å². The van der Waals surface area contributed by atoms with E-state index in [1.54, 1.807) is 16.7 Å². The zero-order chi connectivity index (χ0) is 20.2. The Bertz CT molecular complexity index is 1350. The molecular weight excluding hydrogens is 360 g/mol. The maximum atomic E-state index is 12.7. The molecule has 8 nitrogen and oxygen atoms in total. The molecule has 0 spiro atoms. The molecule has 0 amide bonds. The number of nitro benzene ring substituents is 1. The molecule has 0 aromatic heterocycles. The van der Waals surface area contributed by atoms with E-state index in [1.165, 1.54) is 19.2 Å². The Balaban J connectivity index is 2.30. The fourth-order valence-corrected chi connectivity index (χ4v) is 3.51. The van der Waals surface area contributed by atoms with Gasteiger partial charge in [0, 0.05) is 24.6 Å². The highest BCUT2D eigenvalue weighted by Crippen LogP contribution is 2.32. The quantitative estimate of drug-likeness (QED) is 0.304. The minimum atomic E-state index is -0.654.